The molecule has 0 fully saturated rings. The smallest absolute Gasteiger partial charge is 0.328 e. The summed E-state index contributed by atoms with van der Waals surface area (Å²) < 4.78 is 0. The predicted octanol–water partition coefficient (Wildman–Crippen LogP) is 11.0. The second kappa shape index (κ2) is 15.5. The van der Waals surface area contributed by atoms with Gasteiger partial charge in [-0.1, -0.05) is 157 Å². The van der Waals surface area contributed by atoms with E-state index in [0.717, 1.165) is 27.5 Å². The van der Waals surface area contributed by atoms with Gasteiger partial charge in [-0.25, -0.2) is 4.79 Å². The lowest BCUT2D eigenvalue weighted by Gasteiger charge is -2.22. The van der Waals surface area contributed by atoms with Crippen molar-refractivity contribution in [3.8, 4) is 11.1 Å². The van der Waals surface area contributed by atoms with Crippen LogP contribution in [0.4, 0.5) is 5.69 Å². The molecule has 9 rings (SSSR count). The first-order chi connectivity index (χ1) is 27.9. The number of carbonyl (C=O) groups is 2. The molecule has 1 aliphatic rings. The molecule has 1 heterocycles. The second-order valence-electron chi connectivity index (χ2n) is 14.6. The van der Waals surface area contributed by atoms with Gasteiger partial charge in [-0.05, 0) is 78.3 Å². The molecule has 1 amide bonds. The highest BCUT2D eigenvalue weighted by atomic mass is 35.5. The van der Waals surface area contributed by atoms with Gasteiger partial charge in [0.15, 0.2) is 6.04 Å². The summed E-state index contributed by atoms with van der Waals surface area (Å²) in [6.07, 6.45) is 0.182. The maximum atomic E-state index is 14.2. The Morgan fingerprint density at radius 1 is 0.649 bits per heavy atom. The highest BCUT2D eigenvalue weighted by Gasteiger charge is 2.26. The SMILES string of the molecule is O=C(CN1Cc2ccc3ccccc3c2-c2c(ccc3ccccc23)C1)Nc1ccc(Cl)cc1/C(=N/C(Cc1ccc2ccccc2c1)C(=O)O)c1ccccc1. The quantitative estimate of drug-likeness (QED) is 0.143. The van der Waals surface area contributed by atoms with E-state index in [2.05, 4.69) is 83.0 Å². The fourth-order valence-electron chi connectivity index (χ4n) is 8.18. The maximum absolute atomic E-state index is 14.2. The summed E-state index contributed by atoms with van der Waals surface area (Å²) in [4.78, 5) is 34.2. The number of nitrogens with zero attached hydrogens (tertiary/aromatic N) is 2. The number of halogens is 1. The first kappa shape index (κ1) is 36.1. The van der Waals surface area contributed by atoms with Crippen LogP contribution in [0, 0.1) is 0 Å². The molecule has 2 N–H and O–H groups in total. The first-order valence-electron chi connectivity index (χ1n) is 19.1. The summed E-state index contributed by atoms with van der Waals surface area (Å²) in [7, 11) is 0. The van der Waals surface area contributed by atoms with Crippen molar-refractivity contribution in [3.63, 3.8) is 0 Å². The molecular formula is C50H38ClN3O3. The fourth-order valence-corrected chi connectivity index (χ4v) is 8.35. The van der Waals surface area contributed by atoms with Crippen LogP contribution >= 0.6 is 11.6 Å². The van der Waals surface area contributed by atoms with E-state index in [1.165, 1.54) is 32.7 Å². The van der Waals surface area contributed by atoms with E-state index in [1.807, 2.05) is 72.8 Å². The number of aliphatic carboxylic acids is 1. The number of nitrogens with one attached hydrogen (secondary N) is 1. The Morgan fingerprint density at radius 2 is 1.23 bits per heavy atom. The van der Waals surface area contributed by atoms with Crippen LogP contribution in [0.2, 0.25) is 5.02 Å². The standard InChI is InChI=1S/C50H38ClN3O3/c51-40-24-25-44(43(28-40)49(36-13-2-1-3-14-36)53-45(50(56)57)27-32-18-19-33-10-4-5-15-37(33)26-32)52-46(55)31-54-29-38-22-20-34-11-6-8-16-41(34)47(38)48-39(30-54)23-21-35-12-7-9-17-42(35)48/h1-26,28,45H,27,29-31H2,(H,52,55)(H,56,57)/b53-49+. The van der Waals surface area contributed by atoms with Crippen LogP contribution in [0.3, 0.4) is 0 Å². The van der Waals surface area contributed by atoms with Crippen LogP contribution in [0.5, 0.6) is 0 Å². The molecule has 278 valence electrons. The third-order valence-corrected chi connectivity index (χ3v) is 11.0. The Bertz CT molecular complexity index is 2780. The van der Waals surface area contributed by atoms with Crippen molar-refractivity contribution in [1.82, 2.24) is 4.90 Å². The van der Waals surface area contributed by atoms with E-state index in [9.17, 15) is 14.7 Å². The molecule has 1 unspecified atom stereocenters. The number of anilines is 1. The van der Waals surface area contributed by atoms with Gasteiger partial charge in [0.2, 0.25) is 5.91 Å². The molecule has 0 saturated heterocycles. The molecule has 0 saturated carbocycles. The number of fused-ring (bicyclic) bond motifs is 8. The Kier molecular flexibility index (Phi) is 9.81. The highest BCUT2D eigenvalue weighted by Crippen LogP contribution is 2.42. The van der Waals surface area contributed by atoms with E-state index < -0.39 is 12.0 Å². The molecular weight excluding hydrogens is 726 g/mol. The summed E-state index contributed by atoms with van der Waals surface area (Å²) in [5, 5.41) is 21.0. The zero-order valence-corrected chi connectivity index (χ0v) is 31.8. The second-order valence-corrected chi connectivity index (χ2v) is 15.0. The van der Waals surface area contributed by atoms with Gasteiger partial charge >= 0.3 is 5.97 Å². The lowest BCUT2D eigenvalue weighted by Crippen LogP contribution is -2.32. The summed E-state index contributed by atoms with van der Waals surface area (Å²) in [6, 6.07) is 53.2. The van der Waals surface area contributed by atoms with E-state index in [0.29, 0.717) is 40.6 Å². The largest absolute Gasteiger partial charge is 0.480 e. The number of carbonyl (C=O) groups excluding carboxylic acids is 1. The average molecular weight is 764 g/mol. The fraction of sp³-hybridized carbons (Fsp3) is 0.100. The van der Waals surface area contributed by atoms with Gasteiger partial charge in [-0.2, -0.15) is 0 Å². The van der Waals surface area contributed by atoms with Crippen LogP contribution < -0.4 is 5.32 Å². The van der Waals surface area contributed by atoms with Crippen LogP contribution in [-0.4, -0.2) is 40.2 Å². The number of hydrogen-bond donors (Lipinski definition) is 2. The summed E-state index contributed by atoms with van der Waals surface area (Å²) in [5.74, 6) is -1.25. The molecule has 6 nitrogen and oxygen atoms in total. The van der Waals surface area contributed by atoms with Crippen molar-refractivity contribution in [2.45, 2.75) is 25.6 Å². The number of hydrogen-bond acceptors (Lipinski definition) is 4. The van der Waals surface area contributed by atoms with Crippen molar-refractivity contribution < 1.29 is 14.7 Å². The number of aliphatic imine (C=N–C) groups is 1. The number of benzene rings is 8. The van der Waals surface area contributed by atoms with Gasteiger partial charge in [-0.15, -0.1) is 0 Å². The number of rotatable bonds is 9. The van der Waals surface area contributed by atoms with Crippen LogP contribution in [0.1, 0.15) is 27.8 Å². The molecule has 1 aliphatic heterocycles. The van der Waals surface area contributed by atoms with Gasteiger partial charge in [-0.3, -0.25) is 14.7 Å². The minimum Gasteiger partial charge on any atom is -0.480 e. The van der Waals surface area contributed by atoms with E-state index in [-0.39, 0.29) is 18.9 Å². The van der Waals surface area contributed by atoms with Crippen LogP contribution in [-0.2, 0) is 29.1 Å². The zero-order chi connectivity index (χ0) is 38.9. The van der Waals surface area contributed by atoms with Crippen molar-refractivity contribution in [3.05, 3.63) is 197 Å². The zero-order valence-electron chi connectivity index (χ0n) is 31.0. The summed E-state index contributed by atoms with van der Waals surface area (Å²) in [6.45, 7) is 1.28. The summed E-state index contributed by atoms with van der Waals surface area (Å²) >= 11 is 6.63. The van der Waals surface area contributed by atoms with E-state index in [1.54, 1.807) is 18.2 Å². The van der Waals surface area contributed by atoms with Gasteiger partial charge in [0.1, 0.15) is 0 Å². The lowest BCUT2D eigenvalue weighted by molar-refractivity contribution is -0.138. The van der Waals surface area contributed by atoms with Gasteiger partial charge in [0, 0.05) is 35.7 Å². The Hall–Kier alpha value is -6.60. The minimum absolute atomic E-state index is 0.123. The van der Waals surface area contributed by atoms with Gasteiger partial charge in [0.25, 0.3) is 0 Å². The molecule has 0 aliphatic carbocycles. The molecule has 57 heavy (non-hydrogen) atoms. The minimum atomic E-state index is -1.10. The molecule has 0 radical (unpaired) electrons. The summed E-state index contributed by atoms with van der Waals surface area (Å²) in [5.41, 5.74) is 7.77. The number of amides is 1. The molecule has 0 spiro atoms. The van der Waals surface area contributed by atoms with E-state index >= 15 is 0 Å². The van der Waals surface area contributed by atoms with Gasteiger partial charge < -0.3 is 10.4 Å². The first-order valence-corrected chi connectivity index (χ1v) is 19.4. The number of carboxylic acid groups (broad SMARTS) is 1. The van der Waals surface area contributed by atoms with Crippen molar-refractivity contribution in [1.29, 1.82) is 0 Å². The molecule has 8 aromatic carbocycles. The highest BCUT2D eigenvalue weighted by molar-refractivity contribution is 6.31. The lowest BCUT2D eigenvalue weighted by atomic mass is 9.88. The van der Waals surface area contributed by atoms with Gasteiger partial charge in [0.05, 0.1) is 17.9 Å². The monoisotopic (exact) mass is 763 g/mol. The molecule has 8 aromatic rings. The normalized spacial score (nSPS) is 13.5. The third-order valence-electron chi connectivity index (χ3n) is 10.8. The average Bonchev–Trinajstić information content (AvgIpc) is 3.40. The van der Waals surface area contributed by atoms with Crippen LogP contribution in [0.15, 0.2) is 169 Å². The topological polar surface area (TPSA) is 82.0 Å². The Morgan fingerprint density at radius 3 is 1.88 bits per heavy atom. The van der Waals surface area contributed by atoms with Crippen molar-refractivity contribution in [2.75, 3.05) is 11.9 Å². The molecule has 1 atom stereocenters. The molecule has 0 bridgehead atoms. The Balaban J connectivity index is 1.06. The Labute approximate surface area is 335 Å². The van der Waals surface area contributed by atoms with Crippen LogP contribution in [0.25, 0.3) is 43.4 Å². The maximum Gasteiger partial charge on any atom is 0.328 e. The molecule has 0 aromatic heterocycles. The third kappa shape index (κ3) is 7.41. The van der Waals surface area contributed by atoms with E-state index in [4.69, 9.17) is 16.6 Å². The molecule has 7 heteroatoms. The van der Waals surface area contributed by atoms with Crippen molar-refractivity contribution in [2.24, 2.45) is 4.99 Å². The van der Waals surface area contributed by atoms with Crippen molar-refractivity contribution >= 4 is 67.2 Å². The predicted molar refractivity (Wildman–Crippen MR) is 232 cm³/mol. The number of carboxylic acids is 1.